The predicted octanol–water partition coefficient (Wildman–Crippen LogP) is 1.67. The molecule has 0 bridgehead atoms. The van der Waals surface area contributed by atoms with Crippen LogP contribution in [0.3, 0.4) is 0 Å². The maximum atomic E-state index is 10.9. The van der Waals surface area contributed by atoms with E-state index in [1.807, 2.05) is 4.90 Å². The fourth-order valence-corrected chi connectivity index (χ4v) is 2.19. The molecule has 102 valence electrons. The first kappa shape index (κ1) is 13.3. The Morgan fingerprint density at radius 1 is 1.68 bits per heavy atom. The number of aliphatic imine (C=N–C) groups is 1. The van der Waals surface area contributed by atoms with Gasteiger partial charge in [-0.05, 0) is 24.8 Å². The van der Waals surface area contributed by atoms with Crippen molar-refractivity contribution in [2.24, 2.45) is 16.6 Å². The van der Waals surface area contributed by atoms with Gasteiger partial charge in [-0.15, -0.1) is 0 Å². The van der Waals surface area contributed by atoms with Crippen LogP contribution < -0.4 is 5.73 Å². The summed E-state index contributed by atoms with van der Waals surface area (Å²) in [6.45, 7) is 3.82. The molecule has 0 aliphatic carbocycles. The summed E-state index contributed by atoms with van der Waals surface area (Å²) in [5, 5.41) is 10.9. The molecule has 2 heterocycles. The van der Waals surface area contributed by atoms with E-state index in [4.69, 9.17) is 5.73 Å². The van der Waals surface area contributed by atoms with E-state index in [-0.39, 0.29) is 11.5 Å². The zero-order chi connectivity index (χ0) is 13.8. The SMILES string of the molecule is C[C@@H]1CCCN(C(N)=Nc2ncccc2[N+](=O)[O-])C1. The molecule has 0 unspecified atom stereocenters. The average Bonchev–Trinajstić information content (AvgIpc) is 2.39. The smallest absolute Gasteiger partial charge is 0.313 e. The maximum Gasteiger partial charge on any atom is 0.313 e. The van der Waals surface area contributed by atoms with Gasteiger partial charge >= 0.3 is 5.69 Å². The summed E-state index contributed by atoms with van der Waals surface area (Å²) >= 11 is 0. The molecule has 1 aliphatic rings. The number of rotatable bonds is 2. The van der Waals surface area contributed by atoms with E-state index in [9.17, 15) is 10.1 Å². The van der Waals surface area contributed by atoms with Crippen LogP contribution >= 0.6 is 0 Å². The summed E-state index contributed by atoms with van der Waals surface area (Å²) in [6.07, 6.45) is 3.70. The van der Waals surface area contributed by atoms with Gasteiger partial charge in [-0.3, -0.25) is 10.1 Å². The zero-order valence-electron chi connectivity index (χ0n) is 10.8. The molecule has 0 aromatic carbocycles. The van der Waals surface area contributed by atoms with Gasteiger partial charge in [-0.2, -0.15) is 4.99 Å². The quantitative estimate of drug-likeness (QED) is 0.379. The number of aromatic nitrogens is 1. The molecule has 7 heteroatoms. The Balaban J connectivity index is 2.23. The number of nitrogens with zero attached hydrogens (tertiary/aromatic N) is 4. The molecular weight excluding hydrogens is 246 g/mol. The molecule has 2 rings (SSSR count). The minimum Gasteiger partial charge on any atom is -0.369 e. The lowest BCUT2D eigenvalue weighted by Crippen LogP contribution is -2.43. The Bertz CT molecular complexity index is 503. The molecule has 0 amide bonds. The lowest BCUT2D eigenvalue weighted by Gasteiger charge is -2.31. The van der Waals surface area contributed by atoms with Crippen LogP contribution in [0.4, 0.5) is 11.5 Å². The summed E-state index contributed by atoms with van der Waals surface area (Å²) in [4.78, 5) is 20.3. The molecule has 2 N–H and O–H groups in total. The van der Waals surface area contributed by atoms with E-state index in [0.717, 1.165) is 19.5 Å². The fraction of sp³-hybridized carbons (Fsp3) is 0.500. The van der Waals surface area contributed by atoms with Crippen molar-refractivity contribution in [3.8, 4) is 0 Å². The van der Waals surface area contributed by atoms with Crippen molar-refractivity contribution in [1.82, 2.24) is 9.88 Å². The first-order valence-electron chi connectivity index (χ1n) is 6.26. The summed E-state index contributed by atoms with van der Waals surface area (Å²) in [7, 11) is 0. The van der Waals surface area contributed by atoms with Crippen molar-refractivity contribution in [3.63, 3.8) is 0 Å². The van der Waals surface area contributed by atoms with Crippen LogP contribution in [0.1, 0.15) is 19.8 Å². The molecular formula is C12H17N5O2. The van der Waals surface area contributed by atoms with Crippen LogP contribution in [0.2, 0.25) is 0 Å². The number of likely N-dealkylation sites (tertiary alicyclic amines) is 1. The fourth-order valence-electron chi connectivity index (χ4n) is 2.19. The van der Waals surface area contributed by atoms with Gasteiger partial charge in [0.15, 0.2) is 5.96 Å². The van der Waals surface area contributed by atoms with Crippen molar-refractivity contribution in [1.29, 1.82) is 0 Å². The molecule has 0 radical (unpaired) electrons. The van der Waals surface area contributed by atoms with Gasteiger partial charge in [0.2, 0.25) is 5.82 Å². The van der Waals surface area contributed by atoms with Gasteiger partial charge < -0.3 is 10.6 Å². The van der Waals surface area contributed by atoms with Crippen LogP contribution in [-0.2, 0) is 0 Å². The molecule has 1 aromatic heterocycles. The van der Waals surface area contributed by atoms with Gasteiger partial charge in [0, 0.05) is 25.4 Å². The highest BCUT2D eigenvalue weighted by Crippen LogP contribution is 2.24. The Kier molecular flexibility index (Phi) is 3.94. The minimum absolute atomic E-state index is 0.0585. The number of hydrogen-bond donors (Lipinski definition) is 1. The Morgan fingerprint density at radius 2 is 2.47 bits per heavy atom. The normalized spacial score (nSPS) is 20.4. The van der Waals surface area contributed by atoms with Gasteiger partial charge in [0.25, 0.3) is 0 Å². The van der Waals surface area contributed by atoms with E-state index in [1.54, 1.807) is 0 Å². The lowest BCUT2D eigenvalue weighted by atomic mass is 10.0. The van der Waals surface area contributed by atoms with Crippen LogP contribution in [0.5, 0.6) is 0 Å². The van der Waals surface area contributed by atoms with Gasteiger partial charge in [0.1, 0.15) is 0 Å². The summed E-state index contributed by atoms with van der Waals surface area (Å²) < 4.78 is 0. The van der Waals surface area contributed by atoms with Gasteiger partial charge in [0.05, 0.1) is 4.92 Å². The first-order valence-corrected chi connectivity index (χ1v) is 6.26. The average molecular weight is 263 g/mol. The van der Waals surface area contributed by atoms with Crippen molar-refractivity contribution in [2.45, 2.75) is 19.8 Å². The van der Waals surface area contributed by atoms with E-state index < -0.39 is 4.92 Å². The number of nitrogens with two attached hydrogens (primary N) is 1. The van der Waals surface area contributed by atoms with Crippen LogP contribution in [0, 0.1) is 16.0 Å². The van der Waals surface area contributed by atoms with Crippen molar-refractivity contribution >= 4 is 17.5 Å². The summed E-state index contributed by atoms with van der Waals surface area (Å²) in [5.41, 5.74) is 5.80. The van der Waals surface area contributed by atoms with Crippen LogP contribution in [0.25, 0.3) is 0 Å². The Labute approximate surface area is 111 Å². The number of piperidine rings is 1. The molecule has 1 aromatic rings. The van der Waals surface area contributed by atoms with E-state index in [2.05, 4.69) is 16.9 Å². The minimum atomic E-state index is -0.502. The van der Waals surface area contributed by atoms with E-state index in [0.29, 0.717) is 11.9 Å². The standard InChI is InChI=1S/C12H17N5O2/c1-9-4-3-7-16(8-9)12(13)15-11-10(17(18)19)5-2-6-14-11/h2,5-6,9H,3-4,7-8H2,1H3,(H2,13,14,15)/t9-/m1/s1. The van der Waals surface area contributed by atoms with Crippen molar-refractivity contribution in [3.05, 3.63) is 28.4 Å². The van der Waals surface area contributed by atoms with Gasteiger partial charge in [-0.25, -0.2) is 4.98 Å². The predicted molar refractivity (Wildman–Crippen MR) is 72.1 cm³/mol. The van der Waals surface area contributed by atoms with Crippen LogP contribution in [0.15, 0.2) is 23.3 Å². The summed E-state index contributed by atoms with van der Waals surface area (Å²) in [6, 6.07) is 2.88. The lowest BCUT2D eigenvalue weighted by molar-refractivity contribution is -0.384. The molecule has 1 atom stereocenters. The topological polar surface area (TPSA) is 97.7 Å². The molecule has 1 saturated heterocycles. The van der Waals surface area contributed by atoms with Crippen LogP contribution in [-0.4, -0.2) is 33.9 Å². The Hall–Kier alpha value is -2.18. The largest absolute Gasteiger partial charge is 0.369 e. The second-order valence-electron chi connectivity index (χ2n) is 4.77. The van der Waals surface area contributed by atoms with Crippen molar-refractivity contribution < 1.29 is 4.92 Å². The van der Waals surface area contributed by atoms with Crippen molar-refractivity contribution in [2.75, 3.05) is 13.1 Å². The number of hydrogen-bond acceptors (Lipinski definition) is 4. The Morgan fingerprint density at radius 3 is 3.16 bits per heavy atom. The van der Waals surface area contributed by atoms with E-state index >= 15 is 0 Å². The molecule has 1 fully saturated rings. The molecule has 19 heavy (non-hydrogen) atoms. The number of guanidine groups is 1. The maximum absolute atomic E-state index is 10.9. The third-order valence-corrected chi connectivity index (χ3v) is 3.16. The highest BCUT2D eigenvalue weighted by molar-refractivity contribution is 5.81. The highest BCUT2D eigenvalue weighted by atomic mass is 16.6. The second kappa shape index (κ2) is 5.64. The van der Waals surface area contributed by atoms with Gasteiger partial charge in [-0.1, -0.05) is 6.92 Å². The van der Waals surface area contributed by atoms with E-state index in [1.165, 1.54) is 24.8 Å². The molecule has 0 spiro atoms. The first-order chi connectivity index (χ1) is 9.08. The number of nitro groups is 1. The number of pyridine rings is 1. The highest BCUT2D eigenvalue weighted by Gasteiger charge is 2.20. The third-order valence-electron chi connectivity index (χ3n) is 3.16. The monoisotopic (exact) mass is 263 g/mol. The molecule has 1 aliphatic heterocycles. The molecule has 0 saturated carbocycles. The summed E-state index contributed by atoms with van der Waals surface area (Å²) in [5.74, 6) is 0.915. The third kappa shape index (κ3) is 3.18. The zero-order valence-corrected chi connectivity index (χ0v) is 10.8. The second-order valence-corrected chi connectivity index (χ2v) is 4.77. The molecule has 7 nitrogen and oxygen atoms in total.